The highest BCUT2D eigenvalue weighted by Crippen LogP contribution is 2.30. The van der Waals surface area contributed by atoms with Crippen LogP contribution in [0.3, 0.4) is 0 Å². The molecular weight excluding hydrogens is 220 g/mol. The minimum absolute atomic E-state index is 0.617. The molecule has 2 fully saturated rings. The molecule has 0 aromatic rings. The first kappa shape index (κ1) is 13.8. The molecule has 0 N–H and O–H groups in total. The average molecular weight is 248 g/mol. The van der Waals surface area contributed by atoms with Gasteiger partial charge in [-0.25, -0.2) is 0 Å². The van der Waals surface area contributed by atoms with Gasteiger partial charge < -0.3 is 9.80 Å². The zero-order chi connectivity index (χ0) is 13.1. The molecule has 2 rings (SSSR count). The Bertz CT molecular complexity index is 302. The molecule has 0 aromatic heterocycles. The first-order valence-corrected chi connectivity index (χ1v) is 7.32. The zero-order valence-electron chi connectivity index (χ0n) is 12.1. The van der Waals surface area contributed by atoms with Crippen LogP contribution in [0.4, 0.5) is 0 Å². The summed E-state index contributed by atoms with van der Waals surface area (Å²) in [6.45, 7) is 16.6. The fraction of sp³-hybridized carbons (Fsp3) is 0.750. The Hall–Kier alpha value is -0.600. The van der Waals surface area contributed by atoms with Crippen LogP contribution in [0, 0.1) is 17.8 Å². The van der Waals surface area contributed by atoms with Gasteiger partial charge in [0.2, 0.25) is 0 Å². The minimum Gasteiger partial charge on any atom is -0.305 e. The number of nitrogens with zero attached hydrogens (tertiary/aromatic N) is 2. The van der Waals surface area contributed by atoms with Crippen LogP contribution in [0.5, 0.6) is 0 Å². The number of rotatable bonds is 4. The number of allylic oxidation sites excluding steroid dienone is 1. The van der Waals surface area contributed by atoms with Crippen molar-refractivity contribution in [2.24, 2.45) is 17.8 Å². The standard InChI is InChI=1S/C16H28N2/c1-5-14(3)16-12-17(4)10-15(16)11-18-8-6-13(2)7-9-18/h5,13,15-16H,1,3,6-12H2,2,4H3. The molecule has 2 atom stereocenters. The van der Waals surface area contributed by atoms with Gasteiger partial charge in [-0.15, -0.1) is 0 Å². The highest BCUT2D eigenvalue weighted by atomic mass is 15.2. The largest absolute Gasteiger partial charge is 0.305 e. The quantitative estimate of drug-likeness (QED) is 0.706. The van der Waals surface area contributed by atoms with Gasteiger partial charge in [-0.2, -0.15) is 0 Å². The predicted molar refractivity (Wildman–Crippen MR) is 78.7 cm³/mol. The van der Waals surface area contributed by atoms with Crippen LogP contribution in [0.25, 0.3) is 0 Å². The molecule has 0 amide bonds. The van der Waals surface area contributed by atoms with Crippen molar-refractivity contribution < 1.29 is 0 Å². The number of hydrogen-bond acceptors (Lipinski definition) is 2. The summed E-state index contributed by atoms with van der Waals surface area (Å²) in [6.07, 6.45) is 4.69. The van der Waals surface area contributed by atoms with Crippen LogP contribution in [-0.4, -0.2) is 49.6 Å². The maximum Gasteiger partial charge on any atom is 0.00508 e. The second kappa shape index (κ2) is 6.03. The summed E-state index contributed by atoms with van der Waals surface area (Å²) >= 11 is 0. The molecule has 0 aliphatic carbocycles. The van der Waals surface area contributed by atoms with E-state index in [0.29, 0.717) is 5.92 Å². The molecule has 0 saturated carbocycles. The van der Waals surface area contributed by atoms with E-state index in [-0.39, 0.29) is 0 Å². The molecule has 18 heavy (non-hydrogen) atoms. The van der Waals surface area contributed by atoms with Crippen molar-refractivity contribution in [2.75, 3.05) is 39.8 Å². The molecule has 2 unspecified atom stereocenters. The molecule has 0 bridgehead atoms. The van der Waals surface area contributed by atoms with E-state index in [1.165, 1.54) is 44.6 Å². The van der Waals surface area contributed by atoms with Gasteiger partial charge in [0, 0.05) is 25.6 Å². The third-order valence-corrected chi connectivity index (χ3v) is 4.73. The molecule has 2 heterocycles. The number of piperidine rings is 1. The first-order chi connectivity index (χ1) is 8.60. The Labute approximate surface area is 112 Å². The van der Waals surface area contributed by atoms with Crippen molar-refractivity contribution >= 4 is 0 Å². The van der Waals surface area contributed by atoms with Crippen LogP contribution < -0.4 is 0 Å². The maximum absolute atomic E-state index is 4.18. The second-order valence-corrected chi connectivity index (χ2v) is 6.35. The number of hydrogen-bond donors (Lipinski definition) is 0. The topological polar surface area (TPSA) is 6.48 Å². The minimum atomic E-state index is 0.617. The Balaban J connectivity index is 1.90. The van der Waals surface area contributed by atoms with E-state index in [9.17, 15) is 0 Å². The molecule has 0 spiro atoms. The third kappa shape index (κ3) is 3.24. The van der Waals surface area contributed by atoms with Crippen molar-refractivity contribution in [2.45, 2.75) is 19.8 Å². The van der Waals surface area contributed by atoms with E-state index in [0.717, 1.165) is 18.4 Å². The van der Waals surface area contributed by atoms with Crippen molar-refractivity contribution in [3.63, 3.8) is 0 Å². The summed E-state index contributed by atoms with van der Waals surface area (Å²) in [5.41, 5.74) is 1.23. The molecule has 102 valence electrons. The van der Waals surface area contributed by atoms with E-state index in [4.69, 9.17) is 0 Å². The average Bonchev–Trinajstić information content (AvgIpc) is 2.72. The summed E-state index contributed by atoms with van der Waals surface area (Å²) in [4.78, 5) is 5.10. The van der Waals surface area contributed by atoms with Gasteiger partial charge in [0.15, 0.2) is 0 Å². The van der Waals surface area contributed by atoms with Crippen LogP contribution >= 0.6 is 0 Å². The molecule has 2 aliphatic heterocycles. The fourth-order valence-electron chi connectivity index (χ4n) is 3.42. The summed E-state index contributed by atoms with van der Waals surface area (Å²) < 4.78 is 0. The van der Waals surface area contributed by atoms with Gasteiger partial charge >= 0.3 is 0 Å². The highest BCUT2D eigenvalue weighted by Gasteiger charge is 2.33. The van der Waals surface area contributed by atoms with Crippen LogP contribution in [0.15, 0.2) is 24.8 Å². The van der Waals surface area contributed by atoms with Gasteiger partial charge in [0.1, 0.15) is 0 Å². The Kier molecular flexibility index (Phi) is 4.63. The molecule has 2 aliphatic rings. The lowest BCUT2D eigenvalue weighted by molar-refractivity contribution is 0.161. The van der Waals surface area contributed by atoms with E-state index in [1.807, 2.05) is 6.08 Å². The lowest BCUT2D eigenvalue weighted by Gasteiger charge is -2.33. The van der Waals surface area contributed by atoms with Crippen molar-refractivity contribution in [3.05, 3.63) is 24.8 Å². The lowest BCUT2D eigenvalue weighted by Crippen LogP contribution is -2.38. The summed E-state index contributed by atoms with van der Waals surface area (Å²) in [5.74, 6) is 2.28. The van der Waals surface area contributed by atoms with Crippen LogP contribution in [0.1, 0.15) is 19.8 Å². The van der Waals surface area contributed by atoms with Gasteiger partial charge in [0.05, 0.1) is 0 Å². The van der Waals surface area contributed by atoms with E-state index in [1.54, 1.807) is 0 Å². The van der Waals surface area contributed by atoms with Crippen LogP contribution in [-0.2, 0) is 0 Å². The third-order valence-electron chi connectivity index (χ3n) is 4.73. The van der Waals surface area contributed by atoms with Crippen molar-refractivity contribution in [1.82, 2.24) is 9.80 Å². The van der Waals surface area contributed by atoms with Crippen molar-refractivity contribution in [3.8, 4) is 0 Å². The SMILES string of the molecule is C=CC(=C)C1CN(C)CC1CN1CCC(C)CC1. The number of likely N-dealkylation sites (tertiary alicyclic amines) is 2. The van der Waals surface area contributed by atoms with Crippen molar-refractivity contribution in [1.29, 1.82) is 0 Å². The summed E-state index contributed by atoms with van der Waals surface area (Å²) in [7, 11) is 2.22. The molecule has 2 nitrogen and oxygen atoms in total. The summed E-state index contributed by atoms with van der Waals surface area (Å²) in [6, 6.07) is 0. The predicted octanol–water partition coefficient (Wildman–Crippen LogP) is 2.64. The maximum atomic E-state index is 4.18. The molecule has 0 radical (unpaired) electrons. The smallest absolute Gasteiger partial charge is 0.00508 e. The molecular formula is C16H28N2. The first-order valence-electron chi connectivity index (χ1n) is 7.32. The lowest BCUT2D eigenvalue weighted by atomic mass is 9.88. The Morgan fingerprint density at radius 3 is 2.56 bits per heavy atom. The van der Waals surface area contributed by atoms with Gasteiger partial charge in [-0.05, 0) is 44.8 Å². The second-order valence-electron chi connectivity index (χ2n) is 6.35. The monoisotopic (exact) mass is 248 g/mol. The fourth-order valence-corrected chi connectivity index (χ4v) is 3.42. The molecule has 2 saturated heterocycles. The zero-order valence-corrected chi connectivity index (χ0v) is 12.1. The highest BCUT2D eigenvalue weighted by molar-refractivity contribution is 5.18. The van der Waals surface area contributed by atoms with Crippen LogP contribution in [0.2, 0.25) is 0 Å². The van der Waals surface area contributed by atoms with E-state index in [2.05, 4.69) is 36.9 Å². The Morgan fingerprint density at radius 2 is 1.94 bits per heavy atom. The Morgan fingerprint density at radius 1 is 1.28 bits per heavy atom. The molecule has 0 aromatic carbocycles. The normalized spacial score (nSPS) is 31.7. The van der Waals surface area contributed by atoms with Gasteiger partial charge in [0.25, 0.3) is 0 Å². The van der Waals surface area contributed by atoms with E-state index >= 15 is 0 Å². The van der Waals surface area contributed by atoms with E-state index < -0.39 is 0 Å². The van der Waals surface area contributed by atoms with Gasteiger partial charge in [-0.3, -0.25) is 0 Å². The van der Waals surface area contributed by atoms with Gasteiger partial charge in [-0.1, -0.05) is 31.7 Å². The summed E-state index contributed by atoms with van der Waals surface area (Å²) in [5, 5.41) is 0. The molecule has 2 heteroatoms.